The van der Waals surface area contributed by atoms with Crippen molar-refractivity contribution in [2.24, 2.45) is 5.84 Å². The number of hydrogen-bond donors (Lipinski definition) is 2. The molecule has 1 aromatic rings. The first kappa shape index (κ1) is 11.7. The first-order valence-corrected chi connectivity index (χ1v) is 4.85. The molecule has 15 heavy (non-hydrogen) atoms. The molecule has 0 radical (unpaired) electrons. The Labute approximate surface area is 89.3 Å². The number of carbonyl (C=O) groups is 1. The van der Waals surface area contributed by atoms with Crippen molar-refractivity contribution in [1.82, 2.24) is 5.01 Å². The van der Waals surface area contributed by atoms with Crippen molar-refractivity contribution in [2.45, 2.75) is 25.9 Å². The highest BCUT2D eigenvalue weighted by Crippen LogP contribution is 2.18. The SMILES string of the molecule is CC(C(=O)O)N(N)C(C)c1ccccc1. The van der Waals surface area contributed by atoms with Crippen LogP contribution in [0.1, 0.15) is 25.5 Å². The number of carboxylic acid groups (broad SMARTS) is 1. The second-order valence-corrected chi connectivity index (χ2v) is 3.55. The molecular weight excluding hydrogens is 192 g/mol. The van der Waals surface area contributed by atoms with E-state index < -0.39 is 12.0 Å². The summed E-state index contributed by atoms with van der Waals surface area (Å²) in [5.41, 5.74) is 1.01. The molecular formula is C11H16N2O2. The van der Waals surface area contributed by atoms with Crippen LogP contribution in [-0.4, -0.2) is 22.1 Å². The van der Waals surface area contributed by atoms with Crippen LogP contribution in [0.4, 0.5) is 0 Å². The van der Waals surface area contributed by atoms with Gasteiger partial charge in [0.05, 0.1) is 0 Å². The van der Waals surface area contributed by atoms with Crippen LogP contribution in [0.5, 0.6) is 0 Å². The molecule has 0 bridgehead atoms. The Morgan fingerprint density at radius 3 is 2.33 bits per heavy atom. The van der Waals surface area contributed by atoms with Gasteiger partial charge in [-0.2, -0.15) is 0 Å². The summed E-state index contributed by atoms with van der Waals surface area (Å²) < 4.78 is 0. The summed E-state index contributed by atoms with van der Waals surface area (Å²) in [7, 11) is 0. The number of carboxylic acids is 1. The van der Waals surface area contributed by atoms with Crippen LogP contribution < -0.4 is 5.84 Å². The van der Waals surface area contributed by atoms with Gasteiger partial charge in [-0.1, -0.05) is 30.3 Å². The van der Waals surface area contributed by atoms with Crippen molar-refractivity contribution in [3.8, 4) is 0 Å². The van der Waals surface area contributed by atoms with Crippen LogP contribution >= 0.6 is 0 Å². The van der Waals surface area contributed by atoms with Crippen molar-refractivity contribution in [3.63, 3.8) is 0 Å². The normalized spacial score (nSPS) is 14.9. The monoisotopic (exact) mass is 208 g/mol. The Morgan fingerprint density at radius 1 is 1.33 bits per heavy atom. The topological polar surface area (TPSA) is 66.6 Å². The van der Waals surface area contributed by atoms with Crippen molar-refractivity contribution in [3.05, 3.63) is 35.9 Å². The van der Waals surface area contributed by atoms with Crippen LogP contribution in [0.2, 0.25) is 0 Å². The standard InChI is InChI=1S/C11H16N2O2/c1-8(10-6-4-3-5-7-10)13(12)9(2)11(14)15/h3-9H,12H2,1-2H3,(H,14,15). The molecule has 1 rings (SSSR count). The number of hydrazine groups is 1. The summed E-state index contributed by atoms with van der Waals surface area (Å²) in [5.74, 6) is 4.83. The van der Waals surface area contributed by atoms with Crippen LogP contribution in [0.3, 0.4) is 0 Å². The first-order chi connectivity index (χ1) is 7.04. The molecule has 0 saturated carbocycles. The molecule has 1 aromatic carbocycles. The number of hydrogen-bond acceptors (Lipinski definition) is 3. The summed E-state index contributed by atoms with van der Waals surface area (Å²) in [5, 5.41) is 10.2. The average Bonchev–Trinajstić information content (AvgIpc) is 2.27. The quantitative estimate of drug-likeness (QED) is 0.579. The molecule has 0 spiro atoms. The van der Waals surface area contributed by atoms with E-state index >= 15 is 0 Å². The minimum atomic E-state index is -0.916. The average molecular weight is 208 g/mol. The van der Waals surface area contributed by atoms with Crippen LogP contribution in [-0.2, 0) is 4.79 Å². The third-order valence-electron chi connectivity index (χ3n) is 2.53. The van der Waals surface area contributed by atoms with E-state index in [-0.39, 0.29) is 6.04 Å². The van der Waals surface area contributed by atoms with Gasteiger partial charge in [-0.25, -0.2) is 5.01 Å². The maximum Gasteiger partial charge on any atom is 0.322 e. The fourth-order valence-electron chi connectivity index (χ4n) is 1.37. The zero-order valence-corrected chi connectivity index (χ0v) is 8.92. The summed E-state index contributed by atoms with van der Waals surface area (Å²) >= 11 is 0. The molecule has 82 valence electrons. The third kappa shape index (κ3) is 2.78. The van der Waals surface area contributed by atoms with Crippen molar-refractivity contribution in [1.29, 1.82) is 0 Å². The summed E-state index contributed by atoms with van der Waals surface area (Å²) in [6, 6.07) is 8.78. The summed E-state index contributed by atoms with van der Waals surface area (Å²) in [6.07, 6.45) is 0. The number of nitrogens with two attached hydrogens (primary N) is 1. The Morgan fingerprint density at radius 2 is 1.87 bits per heavy atom. The van der Waals surface area contributed by atoms with Crippen molar-refractivity contribution < 1.29 is 9.90 Å². The van der Waals surface area contributed by atoms with Gasteiger partial charge >= 0.3 is 5.97 Å². The molecule has 0 saturated heterocycles. The third-order valence-corrected chi connectivity index (χ3v) is 2.53. The molecule has 0 aliphatic carbocycles. The number of benzene rings is 1. The van der Waals surface area contributed by atoms with E-state index in [0.717, 1.165) is 5.56 Å². The van der Waals surface area contributed by atoms with Gasteiger partial charge < -0.3 is 5.11 Å². The molecule has 0 aliphatic rings. The Kier molecular flexibility index (Phi) is 3.82. The largest absolute Gasteiger partial charge is 0.480 e. The van der Waals surface area contributed by atoms with E-state index in [1.165, 1.54) is 5.01 Å². The lowest BCUT2D eigenvalue weighted by molar-refractivity contribution is -0.143. The lowest BCUT2D eigenvalue weighted by Crippen LogP contribution is -2.45. The fourth-order valence-corrected chi connectivity index (χ4v) is 1.37. The summed E-state index contributed by atoms with van der Waals surface area (Å²) in [6.45, 7) is 3.45. The van der Waals surface area contributed by atoms with Gasteiger partial charge in [0.2, 0.25) is 0 Å². The zero-order valence-electron chi connectivity index (χ0n) is 8.92. The first-order valence-electron chi connectivity index (χ1n) is 4.85. The minimum Gasteiger partial charge on any atom is -0.480 e. The van der Waals surface area contributed by atoms with Gasteiger partial charge in [0, 0.05) is 6.04 Å². The smallest absolute Gasteiger partial charge is 0.322 e. The van der Waals surface area contributed by atoms with Crippen LogP contribution in [0.15, 0.2) is 30.3 Å². The lowest BCUT2D eigenvalue weighted by atomic mass is 10.1. The van der Waals surface area contributed by atoms with Crippen molar-refractivity contribution >= 4 is 5.97 Å². The van der Waals surface area contributed by atoms with Crippen LogP contribution in [0, 0.1) is 0 Å². The zero-order chi connectivity index (χ0) is 11.4. The number of aliphatic carboxylic acids is 1. The van der Waals surface area contributed by atoms with E-state index in [4.69, 9.17) is 10.9 Å². The molecule has 0 aliphatic heterocycles. The molecule has 2 unspecified atom stereocenters. The molecule has 0 fully saturated rings. The van der Waals surface area contributed by atoms with E-state index in [1.807, 2.05) is 37.3 Å². The highest BCUT2D eigenvalue weighted by atomic mass is 16.4. The molecule has 3 N–H and O–H groups in total. The van der Waals surface area contributed by atoms with Gasteiger partial charge in [-0.15, -0.1) is 0 Å². The summed E-state index contributed by atoms with van der Waals surface area (Å²) in [4.78, 5) is 10.8. The number of rotatable bonds is 4. The second-order valence-electron chi connectivity index (χ2n) is 3.55. The van der Waals surface area contributed by atoms with Gasteiger partial charge in [0.1, 0.15) is 6.04 Å². The highest BCUT2D eigenvalue weighted by molar-refractivity contribution is 5.72. The number of nitrogens with zero attached hydrogens (tertiary/aromatic N) is 1. The van der Waals surface area contributed by atoms with Gasteiger partial charge in [-0.05, 0) is 19.4 Å². The molecule has 0 aromatic heterocycles. The fraction of sp³-hybridized carbons (Fsp3) is 0.364. The molecule has 0 heterocycles. The van der Waals surface area contributed by atoms with Crippen LogP contribution in [0.25, 0.3) is 0 Å². The van der Waals surface area contributed by atoms with Gasteiger partial charge in [0.15, 0.2) is 0 Å². The lowest BCUT2D eigenvalue weighted by Gasteiger charge is -2.27. The predicted octanol–water partition coefficient (Wildman–Crippen LogP) is 1.40. The Hall–Kier alpha value is -1.39. The van der Waals surface area contributed by atoms with Gasteiger partial charge in [0.25, 0.3) is 0 Å². The van der Waals surface area contributed by atoms with Gasteiger partial charge in [-0.3, -0.25) is 10.6 Å². The Balaban J connectivity index is 2.77. The van der Waals surface area contributed by atoms with Crippen molar-refractivity contribution in [2.75, 3.05) is 0 Å². The van der Waals surface area contributed by atoms with E-state index in [2.05, 4.69) is 0 Å². The Bertz CT molecular complexity index is 327. The maximum absolute atomic E-state index is 10.8. The highest BCUT2D eigenvalue weighted by Gasteiger charge is 2.22. The molecule has 0 amide bonds. The van der Waals surface area contributed by atoms with E-state index in [0.29, 0.717) is 0 Å². The van der Waals surface area contributed by atoms with E-state index in [9.17, 15) is 4.79 Å². The molecule has 4 heteroatoms. The second kappa shape index (κ2) is 4.91. The predicted molar refractivity (Wildman–Crippen MR) is 58.0 cm³/mol. The minimum absolute atomic E-state index is 0.114. The molecule has 2 atom stereocenters. The van der Waals surface area contributed by atoms with E-state index in [1.54, 1.807) is 6.92 Å². The maximum atomic E-state index is 10.8. The molecule has 4 nitrogen and oxygen atoms in total.